The summed E-state index contributed by atoms with van der Waals surface area (Å²) >= 11 is 1.67. The van der Waals surface area contributed by atoms with Crippen molar-refractivity contribution in [3.05, 3.63) is 29.8 Å². The number of benzene rings is 1. The molecule has 23 heavy (non-hydrogen) atoms. The van der Waals surface area contributed by atoms with Crippen LogP contribution >= 0.6 is 11.8 Å². The van der Waals surface area contributed by atoms with Gasteiger partial charge in [0.05, 0.1) is 5.25 Å². The molecule has 2 aliphatic heterocycles. The van der Waals surface area contributed by atoms with Gasteiger partial charge in [0, 0.05) is 50.2 Å². The molecule has 1 aromatic carbocycles. The predicted octanol–water partition coefficient (Wildman–Crippen LogP) is 1.98. The molecule has 1 amide bonds. The molecule has 2 heterocycles. The van der Waals surface area contributed by atoms with Crippen molar-refractivity contribution in [3.8, 4) is 0 Å². The van der Waals surface area contributed by atoms with E-state index in [1.54, 1.807) is 11.8 Å². The lowest BCUT2D eigenvalue weighted by Gasteiger charge is -2.32. The Balaban J connectivity index is 1.52. The molecule has 2 aliphatic rings. The Hall–Kier alpha value is -1.04. The molecular formula is C18H27N3OS. The normalized spacial score (nSPS) is 23.9. The van der Waals surface area contributed by atoms with Crippen LogP contribution in [0, 0.1) is 6.92 Å². The molecule has 126 valence electrons. The van der Waals surface area contributed by atoms with Crippen LogP contribution in [0.25, 0.3) is 0 Å². The van der Waals surface area contributed by atoms with Gasteiger partial charge in [-0.2, -0.15) is 0 Å². The van der Waals surface area contributed by atoms with Crippen LogP contribution in [0.5, 0.6) is 0 Å². The molecule has 2 saturated heterocycles. The van der Waals surface area contributed by atoms with Crippen molar-refractivity contribution < 1.29 is 4.79 Å². The average Bonchev–Trinajstić information content (AvgIpc) is 3.07. The zero-order valence-corrected chi connectivity index (χ0v) is 14.9. The SMILES string of the molecule is Cc1ccc(SC(C)C(=O)N2CCC(N3CCNCC3)C2)cc1. The highest BCUT2D eigenvalue weighted by Crippen LogP contribution is 2.26. The van der Waals surface area contributed by atoms with E-state index in [0.717, 1.165) is 45.7 Å². The van der Waals surface area contributed by atoms with Gasteiger partial charge in [0.2, 0.25) is 5.91 Å². The highest BCUT2D eigenvalue weighted by atomic mass is 32.2. The fraction of sp³-hybridized carbons (Fsp3) is 0.611. The van der Waals surface area contributed by atoms with Gasteiger partial charge in [-0.1, -0.05) is 17.7 Å². The molecular weight excluding hydrogens is 306 g/mol. The summed E-state index contributed by atoms with van der Waals surface area (Å²) in [5, 5.41) is 3.38. The van der Waals surface area contributed by atoms with Gasteiger partial charge in [-0.05, 0) is 32.4 Å². The summed E-state index contributed by atoms with van der Waals surface area (Å²) in [5.74, 6) is 0.285. The first-order valence-electron chi connectivity index (χ1n) is 8.60. The van der Waals surface area contributed by atoms with Gasteiger partial charge in [0.1, 0.15) is 0 Å². The van der Waals surface area contributed by atoms with Crippen molar-refractivity contribution in [3.63, 3.8) is 0 Å². The third-order valence-electron chi connectivity index (χ3n) is 4.82. The number of nitrogens with zero attached hydrogens (tertiary/aromatic N) is 2. The summed E-state index contributed by atoms with van der Waals surface area (Å²) in [5.41, 5.74) is 1.26. The van der Waals surface area contributed by atoms with Gasteiger partial charge < -0.3 is 10.2 Å². The lowest BCUT2D eigenvalue weighted by atomic mass is 10.2. The monoisotopic (exact) mass is 333 g/mol. The number of hydrogen-bond donors (Lipinski definition) is 1. The number of nitrogens with one attached hydrogen (secondary N) is 1. The van der Waals surface area contributed by atoms with E-state index in [1.807, 2.05) is 6.92 Å². The fourth-order valence-corrected chi connectivity index (χ4v) is 4.37. The molecule has 0 aromatic heterocycles. The van der Waals surface area contributed by atoms with Crippen LogP contribution < -0.4 is 5.32 Å². The summed E-state index contributed by atoms with van der Waals surface area (Å²) in [6, 6.07) is 8.98. The molecule has 2 unspecified atom stereocenters. The Kier molecular flexibility index (Phi) is 5.62. The van der Waals surface area contributed by atoms with E-state index in [4.69, 9.17) is 0 Å². The molecule has 2 fully saturated rings. The van der Waals surface area contributed by atoms with Gasteiger partial charge in [0.25, 0.3) is 0 Å². The van der Waals surface area contributed by atoms with Crippen molar-refractivity contribution >= 4 is 17.7 Å². The van der Waals surface area contributed by atoms with Crippen LogP contribution in [0.1, 0.15) is 18.9 Å². The second kappa shape index (κ2) is 7.69. The quantitative estimate of drug-likeness (QED) is 0.855. The number of carbonyl (C=O) groups is 1. The van der Waals surface area contributed by atoms with Crippen molar-refractivity contribution in [2.45, 2.75) is 36.5 Å². The molecule has 3 rings (SSSR count). The second-order valence-electron chi connectivity index (χ2n) is 6.59. The summed E-state index contributed by atoms with van der Waals surface area (Å²) in [6.45, 7) is 10.3. The first-order chi connectivity index (χ1) is 11.1. The van der Waals surface area contributed by atoms with Crippen molar-refractivity contribution in [1.82, 2.24) is 15.1 Å². The average molecular weight is 334 g/mol. The molecule has 0 aliphatic carbocycles. The molecule has 2 atom stereocenters. The Morgan fingerprint density at radius 2 is 1.91 bits per heavy atom. The lowest BCUT2D eigenvalue weighted by Crippen LogP contribution is -2.49. The smallest absolute Gasteiger partial charge is 0.235 e. The molecule has 1 N–H and O–H groups in total. The van der Waals surface area contributed by atoms with Crippen LogP contribution in [-0.2, 0) is 4.79 Å². The summed E-state index contributed by atoms with van der Waals surface area (Å²) < 4.78 is 0. The van der Waals surface area contributed by atoms with Gasteiger partial charge in [-0.15, -0.1) is 11.8 Å². The maximum absolute atomic E-state index is 12.7. The van der Waals surface area contributed by atoms with Crippen LogP contribution in [0.2, 0.25) is 0 Å². The minimum atomic E-state index is -0.0144. The van der Waals surface area contributed by atoms with E-state index in [0.29, 0.717) is 6.04 Å². The maximum atomic E-state index is 12.7. The van der Waals surface area contributed by atoms with E-state index in [2.05, 4.69) is 46.3 Å². The van der Waals surface area contributed by atoms with Crippen molar-refractivity contribution in [2.24, 2.45) is 0 Å². The fourth-order valence-electron chi connectivity index (χ4n) is 3.42. The number of hydrogen-bond acceptors (Lipinski definition) is 4. The first kappa shape index (κ1) is 16.8. The largest absolute Gasteiger partial charge is 0.340 e. The van der Waals surface area contributed by atoms with E-state index < -0.39 is 0 Å². The summed E-state index contributed by atoms with van der Waals surface area (Å²) in [6.07, 6.45) is 1.12. The van der Waals surface area contributed by atoms with E-state index >= 15 is 0 Å². The number of carbonyl (C=O) groups excluding carboxylic acids is 1. The zero-order chi connectivity index (χ0) is 16.2. The number of piperazine rings is 1. The Morgan fingerprint density at radius 1 is 1.22 bits per heavy atom. The van der Waals surface area contributed by atoms with Gasteiger partial charge in [0.15, 0.2) is 0 Å². The number of amides is 1. The molecule has 0 spiro atoms. The van der Waals surface area contributed by atoms with Crippen LogP contribution in [-0.4, -0.2) is 66.3 Å². The highest BCUT2D eigenvalue weighted by Gasteiger charge is 2.32. The minimum absolute atomic E-state index is 0.0144. The Morgan fingerprint density at radius 3 is 2.61 bits per heavy atom. The summed E-state index contributed by atoms with van der Waals surface area (Å²) in [4.78, 5) is 18.5. The second-order valence-corrected chi connectivity index (χ2v) is 8.00. The van der Waals surface area contributed by atoms with Crippen LogP contribution in [0.3, 0.4) is 0 Å². The van der Waals surface area contributed by atoms with Crippen LogP contribution in [0.4, 0.5) is 0 Å². The molecule has 0 saturated carbocycles. The summed E-state index contributed by atoms with van der Waals surface area (Å²) in [7, 11) is 0. The molecule has 5 heteroatoms. The number of aryl methyl sites for hydroxylation is 1. The third-order valence-corrected chi connectivity index (χ3v) is 5.92. The van der Waals surface area contributed by atoms with E-state index in [9.17, 15) is 4.79 Å². The third kappa shape index (κ3) is 4.28. The Bertz CT molecular complexity index is 528. The lowest BCUT2D eigenvalue weighted by molar-refractivity contribution is -0.129. The minimum Gasteiger partial charge on any atom is -0.340 e. The first-order valence-corrected chi connectivity index (χ1v) is 9.48. The van der Waals surface area contributed by atoms with Gasteiger partial charge in [-0.3, -0.25) is 9.69 Å². The van der Waals surface area contributed by atoms with E-state index in [1.165, 1.54) is 10.5 Å². The Labute approximate surface area is 143 Å². The van der Waals surface area contributed by atoms with E-state index in [-0.39, 0.29) is 11.2 Å². The van der Waals surface area contributed by atoms with Crippen molar-refractivity contribution in [1.29, 1.82) is 0 Å². The molecule has 4 nitrogen and oxygen atoms in total. The molecule has 0 radical (unpaired) electrons. The number of rotatable bonds is 4. The van der Waals surface area contributed by atoms with Crippen molar-refractivity contribution in [2.75, 3.05) is 39.3 Å². The molecule has 1 aromatic rings. The predicted molar refractivity (Wildman–Crippen MR) is 95.9 cm³/mol. The molecule has 0 bridgehead atoms. The highest BCUT2D eigenvalue weighted by molar-refractivity contribution is 8.00. The number of thioether (sulfide) groups is 1. The van der Waals surface area contributed by atoms with Gasteiger partial charge in [-0.25, -0.2) is 0 Å². The standard InChI is InChI=1S/C18H27N3OS/c1-14-3-5-17(6-4-14)23-15(2)18(22)21-10-7-16(13-21)20-11-8-19-9-12-20/h3-6,15-16,19H,7-13H2,1-2H3. The van der Waals surface area contributed by atoms with Crippen LogP contribution in [0.15, 0.2) is 29.2 Å². The van der Waals surface area contributed by atoms with Gasteiger partial charge >= 0.3 is 0 Å². The number of likely N-dealkylation sites (tertiary alicyclic amines) is 1. The maximum Gasteiger partial charge on any atom is 0.235 e. The zero-order valence-electron chi connectivity index (χ0n) is 14.1. The topological polar surface area (TPSA) is 35.6 Å².